The largest absolute Gasteiger partial charge is 0.489 e. The predicted octanol–water partition coefficient (Wildman–Crippen LogP) is 2.71. The van der Waals surface area contributed by atoms with E-state index in [4.69, 9.17) is 4.74 Å². The van der Waals surface area contributed by atoms with E-state index in [-0.39, 0.29) is 29.7 Å². The third-order valence-electron chi connectivity index (χ3n) is 4.95. The van der Waals surface area contributed by atoms with Gasteiger partial charge in [-0.1, -0.05) is 30.9 Å². The molecule has 0 atom stereocenters. The smallest absolute Gasteiger partial charge is 0.345 e. The fraction of sp³-hybridized carbons (Fsp3) is 0.500. The van der Waals surface area contributed by atoms with Gasteiger partial charge in [-0.25, -0.2) is 14.5 Å². The molecule has 1 aliphatic rings. The molecule has 0 unspecified atom stereocenters. The number of hydrogen-bond donors (Lipinski definition) is 2. The Morgan fingerprint density at radius 3 is 2.94 bits per heavy atom. The lowest BCUT2D eigenvalue weighted by Crippen LogP contribution is -2.38. The summed E-state index contributed by atoms with van der Waals surface area (Å²) in [6.45, 7) is 9.57. The van der Waals surface area contributed by atoms with Crippen molar-refractivity contribution in [3.8, 4) is 5.75 Å². The van der Waals surface area contributed by atoms with Crippen molar-refractivity contribution >= 4 is 29.9 Å². The predicted molar refractivity (Wildman–Crippen MR) is 134 cm³/mol. The zero-order valence-electron chi connectivity index (χ0n) is 18.2. The average Bonchev–Trinajstić information content (AvgIpc) is 3.09. The van der Waals surface area contributed by atoms with E-state index < -0.39 is 0 Å². The fourth-order valence-electron chi connectivity index (χ4n) is 3.46. The van der Waals surface area contributed by atoms with E-state index in [1.807, 2.05) is 35.8 Å². The second kappa shape index (κ2) is 13.2. The van der Waals surface area contributed by atoms with Crippen LogP contribution < -0.4 is 21.1 Å². The van der Waals surface area contributed by atoms with Gasteiger partial charge in [0.25, 0.3) is 0 Å². The average molecular weight is 540 g/mol. The standard InChI is InChI=1S/C22H32N6O2.HI/c1-3-16-30-19-11-6-5-10-18(19)17-25-21(23-4-2)24-13-9-15-28-22(29)27-14-8-7-12-20(27)26-28;/h3,5-6,10-11H,1,4,7-9,12-17H2,2H3,(H2,23,24,25);1H. The monoisotopic (exact) mass is 540 g/mol. The summed E-state index contributed by atoms with van der Waals surface area (Å²) < 4.78 is 9.11. The normalized spacial score (nSPS) is 13.1. The van der Waals surface area contributed by atoms with Crippen LogP contribution in [0.4, 0.5) is 0 Å². The highest BCUT2D eigenvalue weighted by molar-refractivity contribution is 14.0. The van der Waals surface area contributed by atoms with Gasteiger partial charge in [0, 0.05) is 38.2 Å². The van der Waals surface area contributed by atoms with Crippen molar-refractivity contribution in [2.24, 2.45) is 4.99 Å². The summed E-state index contributed by atoms with van der Waals surface area (Å²) in [7, 11) is 0. The first-order chi connectivity index (χ1) is 14.7. The van der Waals surface area contributed by atoms with Crippen molar-refractivity contribution in [3.63, 3.8) is 0 Å². The number of nitrogens with zero attached hydrogens (tertiary/aromatic N) is 4. The first-order valence-corrected chi connectivity index (χ1v) is 10.7. The van der Waals surface area contributed by atoms with Crippen LogP contribution in [0.5, 0.6) is 5.75 Å². The zero-order chi connectivity index (χ0) is 21.2. The molecule has 31 heavy (non-hydrogen) atoms. The van der Waals surface area contributed by atoms with E-state index in [0.29, 0.717) is 26.2 Å². The molecule has 8 nitrogen and oxygen atoms in total. The van der Waals surface area contributed by atoms with Gasteiger partial charge in [-0.05, 0) is 32.3 Å². The molecule has 0 amide bonds. The molecule has 0 saturated heterocycles. The number of hydrogen-bond acceptors (Lipinski definition) is 4. The minimum absolute atomic E-state index is 0. The van der Waals surface area contributed by atoms with E-state index in [9.17, 15) is 4.79 Å². The molecule has 2 heterocycles. The lowest BCUT2D eigenvalue weighted by Gasteiger charge is -2.12. The Kier molecular flexibility index (Phi) is 10.6. The highest BCUT2D eigenvalue weighted by atomic mass is 127. The minimum Gasteiger partial charge on any atom is -0.489 e. The summed E-state index contributed by atoms with van der Waals surface area (Å²) in [5, 5.41) is 11.1. The molecule has 2 aromatic rings. The third kappa shape index (κ3) is 7.12. The summed E-state index contributed by atoms with van der Waals surface area (Å²) in [5.74, 6) is 2.49. The van der Waals surface area contributed by atoms with Crippen molar-refractivity contribution in [3.05, 3.63) is 58.8 Å². The Morgan fingerprint density at radius 1 is 1.32 bits per heavy atom. The quantitative estimate of drug-likeness (QED) is 0.159. The van der Waals surface area contributed by atoms with Gasteiger partial charge in [0.15, 0.2) is 5.96 Å². The van der Waals surface area contributed by atoms with E-state index in [0.717, 1.165) is 61.9 Å². The number of guanidine groups is 1. The second-order valence-electron chi connectivity index (χ2n) is 7.21. The first-order valence-electron chi connectivity index (χ1n) is 10.7. The second-order valence-corrected chi connectivity index (χ2v) is 7.21. The Hall–Kier alpha value is -2.30. The molecule has 1 aliphatic heterocycles. The molecule has 1 aromatic heterocycles. The Morgan fingerprint density at radius 2 is 2.16 bits per heavy atom. The molecular weight excluding hydrogens is 507 g/mol. The highest BCUT2D eigenvalue weighted by Gasteiger charge is 2.16. The van der Waals surface area contributed by atoms with Crippen LogP contribution in [0.1, 0.15) is 37.6 Å². The van der Waals surface area contributed by atoms with Crippen molar-refractivity contribution < 1.29 is 4.74 Å². The molecule has 0 radical (unpaired) electrons. The van der Waals surface area contributed by atoms with Crippen LogP contribution in [0, 0.1) is 0 Å². The van der Waals surface area contributed by atoms with Crippen molar-refractivity contribution in [2.45, 2.75) is 52.2 Å². The van der Waals surface area contributed by atoms with E-state index in [1.54, 1.807) is 10.8 Å². The minimum atomic E-state index is 0. The van der Waals surface area contributed by atoms with Crippen LogP contribution in [0.15, 0.2) is 46.7 Å². The zero-order valence-corrected chi connectivity index (χ0v) is 20.5. The van der Waals surface area contributed by atoms with Crippen LogP contribution in [-0.4, -0.2) is 40.0 Å². The van der Waals surface area contributed by atoms with Gasteiger partial charge in [0.2, 0.25) is 0 Å². The highest BCUT2D eigenvalue weighted by Crippen LogP contribution is 2.18. The van der Waals surface area contributed by atoms with Gasteiger partial charge < -0.3 is 15.4 Å². The lowest BCUT2D eigenvalue weighted by molar-refractivity contribution is 0.359. The van der Waals surface area contributed by atoms with Crippen LogP contribution >= 0.6 is 24.0 Å². The molecule has 0 fully saturated rings. The van der Waals surface area contributed by atoms with E-state index in [1.165, 1.54) is 0 Å². The van der Waals surface area contributed by atoms with Gasteiger partial charge in [-0.3, -0.25) is 4.57 Å². The molecule has 1 aromatic carbocycles. The summed E-state index contributed by atoms with van der Waals surface area (Å²) in [6.07, 6.45) is 5.59. The Labute approximate surface area is 200 Å². The van der Waals surface area contributed by atoms with Gasteiger partial charge in [-0.15, -0.1) is 24.0 Å². The number of aromatic nitrogens is 3. The van der Waals surface area contributed by atoms with Crippen molar-refractivity contribution in [1.29, 1.82) is 0 Å². The number of halogens is 1. The molecule has 170 valence electrons. The van der Waals surface area contributed by atoms with Crippen LogP contribution in [0.25, 0.3) is 0 Å². The first kappa shape index (κ1) is 25.0. The number of nitrogens with one attached hydrogen (secondary N) is 2. The number of fused-ring (bicyclic) bond motifs is 1. The number of aliphatic imine (C=N–C) groups is 1. The van der Waals surface area contributed by atoms with Gasteiger partial charge >= 0.3 is 5.69 Å². The number of benzene rings is 1. The van der Waals surface area contributed by atoms with E-state index in [2.05, 4.69) is 27.3 Å². The van der Waals surface area contributed by atoms with Crippen LogP contribution in [0.3, 0.4) is 0 Å². The number of ether oxygens (including phenoxy) is 1. The molecule has 3 rings (SSSR count). The summed E-state index contributed by atoms with van der Waals surface area (Å²) in [6, 6.07) is 7.88. The number of aryl methyl sites for hydroxylation is 2. The van der Waals surface area contributed by atoms with Gasteiger partial charge in [0.1, 0.15) is 18.2 Å². The molecule has 2 N–H and O–H groups in total. The molecule has 0 spiro atoms. The molecule has 0 bridgehead atoms. The molecule has 0 saturated carbocycles. The van der Waals surface area contributed by atoms with Gasteiger partial charge in [-0.2, -0.15) is 5.10 Å². The topological polar surface area (TPSA) is 85.5 Å². The Balaban J connectivity index is 0.00000341. The lowest BCUT2D eigenvalue weighted by atomic mass is 10.2. The molecule has 0 aliphatic carbocycles. The maximum absolute atomic E-state index is 12.4. The van der Waals surface area contributed by atoms with Crippen molar-refractivity contribution in [2.75, 3.05) is 19.7 Å². The molecule has 9 heteroatoms. The van der Waals surface area contributed by atoms with E-state index >= 15 is 0 Å². The molecular formula is C22H33IN6O2. The summed E-state index contributed by atoms with van der Waals surface area (Å²) >= 11 is 0. The third-order valence-corrected chi connectivity index (χ3v) is 4.95. The SMILES string of the molecule is C=CCOc1ccccc1CN=C(NCC)NCCCn1nc2n(c1=O)CCCC2.I. The summed E-state index contributed by atoms with van der Waals surface area (Å²) in [4.78, 5) is 17.1. The maximum Gasteiger partial charge on any atom is 0.345 e. The Bertz CT molecular complexity index is 921. The van der Waals surface area contributed by atoms with Crippen LogP contribution in [0.2, 0.25) is 0 Å². The number of rotatable bonds is 10. The maximum atomic E-state index is 12.4. The van der Waals surface area contributed by atoms with Crippen LogP contribution in [-0.2, 0) is 26.1 Å². The van der Waals surface area contributed by atoms with Gasteiger partial charge in [0.05, 0.1) is 6.54 Å². The fourth-order valence-corrected chi connectivity index (χ4v) is 3.46. The summed E-state index contributed by atoms with van der Waals surface area (Å²) in [5.41, 5.74) is 1.04. The van der Waals surface area contributed by atoms with Crippen molar-refractivity contribution in [1.82, 2.24) is 25.0 Å². The number of para-hydroxylation sites is 1.